The number of benzene rings is 1. The van der Waals surface area contributed by atoms with Crippen molar-refractivity contribution in [3.05, 3.63) is 65.7 Å². The Kier molecular flexibility index (Phi) is 4.79. The van der Waals surface area contributed by atoms with Gasteiger partial charge in [-0.05, 0) is 44.0 Å². The maximum Gasteiger partial charge on any atom is 0.276 e. The third-order valence-corrected chi connectivity index (χ3v) is 5.31. The van der Waals surface area contributed by atoms with Gasteiger partial charge in [0.25, 0.3) is 5.91 Å². The Morgan fingerprint density at radius 3 is 2.59 bits per heavy atom. The minimum atomic E-state index is -0.0252. The smallest absolute Gasteiger partial charge is 0.276 e. The van der Waals surface area contributed by atoms with Crippen LogP contribution in [0.1, 0.15) is 53.6 Å². The molecule has 0 aliphatic carbocycles. The number of carbonyl (C=O) groups excluding carboxylic acids is 1. The first-order valence-corrected chi connectivity index (χ1v) is 9.56. The van der Waals surface area contributed by atoms with Crippen molar-refractivity contribution < 1.29 is 4.79 Å². The van der Waals surface area contributed by atoms with E-state index >= 15 is 0 Å². The molecular formula is C21H25N5O. The summed E-state index contributed by atoms with van der Waals surface area (Å²) >= 11 is 0. The van der Waals surface area contributed by atoms with Crippen molar-refractivity contribution in [3.8, 4) is 5.69 Å². The zero-order valence-electron chi connectivity index (χ0n) is 15.9. The molecule has 0 spiro atoms. The van der Waals surface area contributed by atoms with Crippen LogP contribution >= 0.6 is 0 Å². The van der Waals surface area contributed by atoms with E-state index in [4.69, 9.17) is 0 Å². The Morgan fingerprint density at radius 1 is 1.04 bits per heavy atom. The summed E-state index contributed by atoms with van der Waals surface area (Å²) in [5.74, 6) is -0.0252. The number of hydrogen-bond donors (Lipinski definition) is 0. The average Bonchev–Trinajstić information content (AvgIpc) is 3.19. The molecule has 0 bridgehead atoms. The van der Waals surface area contributed by atoms with Crippen LogP contribution in [0.15, 0.2) is 48.7 Å². The van der Waals surface area contributed by atoms with Crippen molar-refractivity contribution in [1.29, 1.82) is 0 Å². The number of nitrogens with zero attached hydrogens (tertiary/aromatic N) is 5. The van der Waals surface area contributed by atoms with Gasteiger partial charge in [0, 0.05) is 25.5 Å². The summed E-state index contributed by atoms with van der Waals surface area (Å²) in [6.45, 7) is 2.61. The predicted octanol–water partition coefficient (Wildman–Crippen LogP) is 3.67. The molecule has 6 nitrogen and oxygen atoms in total. The normalized spacial score (nSPS) is 17.7. The third-order valence-electron chi connectivity index (χ3n) is 5.31. The Balaban J connectivity index is 1.68. The number of rotatable bonds is 3. The van der Waals surface area contributed by atoms with Crippen LogP contribution in [-0.2, 0) is 7.05 Å². The highest BCUT2D eigenvalue weighted by molar-refractivity contribution is 5.93. The fourth-order valence-corrected chi connectivity index (χ4v) is 3.87. The number of hydrogen-bond acceptors (Lipinski definition) is 3. The fraction of sp³-hybridized carbons (Fsp3) is 0.381. The Hall–Kier alpha value is -2.89. The lowest BCUT2D eigenvalue weighted by Gasteiger charge is -2.30. The number of amides is 1. The molecule has 1 amide bonds. The minimum absolute atomic E-state index is 0.0252. The molecule has 1 aromatic carbocycles. The maximum absolute atomic E-state index is 13.4. The monoisotopic (exact) mass is 363 g/mol. The molecule has 27 heavy (non-hydrogen) atoms. The highest BCUT2D eigenvalue weighted by atomic mass is 16.2. The van der Waals surface area contributed by atoms with E-state index < -0.39 is 0 Å². The van der Waals surface area contributed by atoms with E-state index in [1.54, 1.807) is 4.80 Å². The zero-order valence-corrected chi connectivity index (χ0v) is 15.9. The van der Waals surface area contributed by atoms with E-state index in [0.717, 1.165) is 37.9 Å². The quantitative estimate of drug-likeness (QED) is 0.713. The summed E-state index contributed by atoms with van der Waals surface area (Å²) in [5.41, 5.74) is 3.14. The van der Waals surface area contributed by atoms with Gasteiger partial charge >= 0.3 is 0 Å². The molecule has 0 N–H and O–H groups in total. The van der Waals surface area contributed by atoms with Gasteiger partial charge in [-0.25, -0.2) is 0 Å². The SMILES string of the molecule is Cc1nn(-c2ccccc2)nc1C(=O)N1CCCCC[C@@H]1c1cccn1C. The maximum atomic E-state index is 13.4. The zero-order chi connectivity index (χ0) is 18.8. The number of aryl methyl sites for hydroxylation is 2. The van der Waals surface area contributed by atoms with Crippen LogP contribution in [0, 0.1) is 6.92 Å². The molecule has 3 heterocycles. The summed E-state index contributed by atoms with van der Waals surface area (Å²) in [6, 6.07) is 13.9. The van der Waals surface area contributed by atoms with Crippen molar-refractivity contribution in [2.75, 3.05) is 6.54 Å². The van der Waals surface area contributed by atoms with Crippen LogP contribution in [0.4, 0.5) is 0 Å². The topological polar surface area (TPSA) is 56.0 Å². The largest absolute Gasteiger partial charge is 0.353 e. The lowest BCUT2D eigenvalue weighted by Crippen LogP contribution is -2.36. The molecule has 0 unspecified atom stereocenters. The lowest BCUT2D eigenvalue weighted by atomic mass is 10.1. The molecular weight excluding hydrogens is 338 g/mol. The second kappa shape index (κ2) is 7.39. The molecule has 1 aliphatic rings. The van der Waals surface area contributed by atoms with Crippen molar-refractivity contribution >= 4 is 5.91 Å². The minimum Gasteiger partial charge on any atom is -0.353 e. The van der Waals surface area contributed by atoms with Crippen LogP contribution in [0.3, 0.4) is 0 Å². The van der Waals surface area contributed by atoms with Gasteiger partial charge in [0.1, 0.15) is 0 Å². The number of para-hydroxylation sites is 1. The van der Waals surface area contributed by atoms with Gasteiger partial charge in [0.05, 0.1) is 17.4 Å². The van der Waals surface area contributed by atoms with E-state index in [-0.39, 0.29) is 11.9 Å². The molecule has 1 fully saturated rings. The Bertz CT molecular complexity index is 927. The van der Waals surface area contributed by atoms with Gasteiger partial charge < -0.3 is 9.47 Å². The summed E-state index contributed by atoms with van der Waals surface area (Å²) in [4.78, 5) is 17.0. The first kappa shape index (κ1) is 17.5. The lowest BCUT2D eigenvalue weighted by molar-refractivity contribution is 0.0667. The molecule has 6 heteroatoms. The fourth-order valence-electron chi connectivity index (χ4n) is 3.87. The molecule has 0 saturated carbocycles. The van der Waals surface area contributed by atoms with E-state index in [0.29, 0.717) is 11.4 Å². The average molecular weight is 363 g/mol. The highest BCUT2D eigenvalue weighted by Crippen LogP contribution is 2.31. The summed E-state index contributed by atoms with van der Waals surface area (Å²) in [5, 5.41) is 9.01. The van der Waals surface area contributed by atoms with Gasteiger partial charge in [0.15, 0.2) is 5.69 Å². The Morgan fingerprint density at radius 2 is 1.85 bits per heavy atom. The van der Waals surface area contributed by atoms with E-state index in [1.165, 1.54) is 5.69 Å². The number of aromatic nitrogens is 4. The standard InChI is InChI=1S/C21H25N5O/c1-16-20(23-26(22-16)17-10-5-3-6-11-17)21(27)25-15-8-4-7-12-19(25)18-13-9-14-24(18)2/h3,5-6,9-11,13-14,19H,4,7-8,12,15H2,1-2H3/t19-/m1/s1. The third kappa shape index (κ3) is 3.39. The van der Waals surface area contributed by atoms with Gasteiger partial charge in [0.2, 0.25) is 0 Å². The van der Waals surface area contributed by atoms with Crippen molar-refractivity contribution in [3.63, 3.8) is 0 Å². The van der Waals surface area contributed by atoms with E-state index in [9.17, 15) is 4.79 Å². The van der Waals surface area contributed by atoms with Gasteiger partial charge in [-0.1, -0.05) is 31.0 Å². The Labute approximate surface area is 159 Å². The van der Waals surface area contributed by atoms with Crippen LogP contribution in [0.25, 0.3) is 5.69 Å². The molecule has 0 radical (unpaired) electrons. The second-order valence-corrected chi connectivity index (χ2v) is 7.17. The predicted molar refractivity (Wildman–Crippen MR) is 104 cm³/mol. The first-order valence-electron chi connectivity index (χ1n) is 9.56. The second-order valence-electron chi connectivity index (χ2n) is 7.17. The van der Waals surface area contributed by atoms with E-state index in [2.05, 4.69) is 20.8 Å². The molecule has 1 aliphatic heterocycles. The molecule has 1 atom stereocenters. The van der Waals surface area contributed by atoms with Crippen LogP contribution in [0.2, 0.25) is 0 Å². The van der Waals surface area contributed by atoms with Crippen molar-refractivity contribution in [2.45, 2.75) is 38.6 Å². The van der Waals surface area contributed by atoms with Crippen molar-refractivity contribution in [1.82, 2.24) is 24.5 Å². The molecule has 4 rings (SSSR count). The molecule has 2 aromatic heterocycles. The van der Waals surface area contributed by atoms with E-state index in [1.807, 2.05) is 61.5 Å². The summed E-state index contributed by atoms with van der Waals surface area (Å²) in [6.07, 6.45) is 6.34. The molecule has 140 valence electrons. The van der Waals surface area contributed by atoms with Gasteiger partial charge in [-0.15, -0.1) is 5.10 Å². The van der Waals surface area contributed by atoms with Crippen LogP contribution in [-0.4, -0.2) is 36.9 Å². The number of carbonyl (C=O) groups is 1. The number of likely N-dealkylation sites (tertiary alicyclic amines) is 1. The van der Waals surface area contributed by atoms with Gasteiger partial charge in [-0.3, -0.25) is 4.79 Å². The summed E-state index contributed by atoms with van der Waals surface area (Å²) < 4.78 is 2.12. The molecule has 3 aromatic rings. The highest BCUT2D eigenvalue weighted by Gasteiger charge is 2.31. The van der Waals surface area contributed by atoms with Crippen molar-refractivity contribution in [2.24, 2.45) is 7.05 Å². The first-order chi connectivity index (χ1) is 13.1. The van der Waals surface area contributed by atoms with Gasteiger partial charge in [-0.2, -0.15) is 9.90 Å². The van der Waals surface area contributed by atoms with Crippen LogP contribution in [0.5, 0.6) is 0 Å². The molecule has 1 saturated heterocycles. The van der Waals surface area contributed by atoms with Crippen LogP contribution < -0.4 is 0 Å². The summed E-state index contributed by atoms with van der Waals surface area (Å²) in [7, 11) is 2.04.